The molecule has 0 aromatic heterocycles. The van der Waals surface area contributed by atoms with E-state index in [9.17, 15) is 0 Å². The highest BCUT2D eigenvalue weighted by atomic mass is 35.5. The zero-order valence-corrected chi connectivity index (χ0v) is 10.1. The van der Waals surface area contributed by atoms with Gasteiger partial charge in [0.2, 0.25) is 0 Å². The molecule has 0 aliphatic heterocycles. The molecule has 0 unspecified atom stereocenters. The SMILES string of the molecule is COc1c(C)cc(Cl)cc1NC(CO)CO. The number of anilines is 1. The molecule has 0 bridgehead atoms. The minimum Gasteiger partial charge on any atom is -0.494 e. The van der Waals surface area contributed by atoms with E-state index >= 15 is 0 Å². The molecular weight excluding hydrogens is 230 g/mol. The second-order valence-electron chi connectivity index (χ2n) is 3.51. The molecule has 0 amide bonds. The Hall–Kier alpha value is -0.970. The Labute approximate surface area is 99.8 Å². The zero-order chi connectivity index (χ0) is 12.1. The van der Waals surface area contributed by atoms with Gasteiger partial charge in [-0.1, -0.05) is 11.6 Å². The monoisotopic (exact) mass is 245 g/mol. The third kappa shape index (κ3) is 3.01. The van der Waals surface area contributed by atoms with Crippen molar-refractivity contribution in [2.75, 3.05) is 25.6 Å². The van der Waals surface area contributed by atoms with Crippen molar-refractivity contribution in [3.05, 3.63) is 22.7 Å². The summed E-state index contributed by atoms with van der Waals surface area (Å²) in [6, 6.07) is 3.07. The second-order valence-corrected chi connectivity index (χ2v) is 3.95. The van der Waals surface area contributed by atoms with Gasteiger partial charge in [0.05, 0.1) is 32.1 Å². The Morgan fingerprint density at radius 1 is 1.38 bits per heavy atom. The maximum Gasteiger partial charge on any atom is 0.144 e. The first-order valence-electron chi connectivity index (χ1n) is 4.94. The maximum atomic E-state index is 8.99. The fourth-order valence-corrected chi connectivity index (χ4v) is 1.75. The van der Waals surface area contributed by atoms with Gasteiger partial charge in [0, 0.05) is 5.02 Å². The minimum absolute atomic E-state index is 0.161. The molecule has 3 N–H and O–H groups in total. The number of halogens is 1. The first-order chi connectivity index (χ1) is 7.62. The van der Waals surface area contributed by atoms with Crippen LogP contribution in [0.5, 0.6) is 5.75 Å². The summed E-state index contributed by atoms with van der Waals surface area (Å²) in [4.78, 5) is 0. The van der Waals surface area contributed by atoms with E-state index in [4.69, 9.17) is 26.6 Å². The molecule has 1 aromatic carbocycles. The van der Waals surface area contributed by atoms with Gasteiger partial charge in [-0.05, 0) is 24.6 Å². The molecule has 5 heteroatoms. The van der Waals surface area contributed by atoms with Gasteiger partial charge >= 0.3 is 0 Å². The smallest absolute Gasteiger partial charge is 0.144 e. The Morgan fingerprint density at radius 2 is 2.00 bits per heavy atom. The number of aliphatic hydroxyl groups is 2. The molecule has 0 radical (unpaired) electrons. The molecule has 0 fully saturated rings. The van der Waals surface area contributed by atoms with Crippen molar-refractivity contribution in [1.82, 2.24) is 0 Å². The predicted octanol–water partition coefficient (Wildman–Crippen LogP) is 1.42. The Bertz CT molecular complexity index is 353. The number of benzene rings is 1. The first-order valence-corrected chi connectivity index (χ1v) is 5.32. The summed E-state index contributed by atoms with van der Waals surface area (Å²) in [7, 11) is 1.56. The summed E-state index contributed by atoms with van der Waals surface area (Å²) in [5.41, 5.74) is 1.56. The fraction of sp³-hybridized carbons (Fsp3) is 0.455. The summed E-state index contributed by atoms with van der Waals surface area (Å²) in [5, 5.41) is 21.5. The lowest BCUT2D eigenvalue weighted by Gasteiger charge is -2.18. The van der Waals surface area contributed by atoms with Crippen molar-refractivity contribution in [3.63, 3.8) is 0 Å². The van der Waals surface area contributed by atoms with Crippen molar-refractivity contribution in [3.8, 4) is 5.75 Å². The normalized spacial score (nSPS) is 10.6. The van der Waals surface area contributed by atoms with Gasteiger partial charge in [0.25, 0.3) is 0 Å². The molecule has 1 aromatic rings. The van der Waals surface area contributed by atoms with E-state index < -0.39 is 6.04 Å². The molecule has 0 spiro atoms. The van der Waals surface area contributed by atoms with Crippen LogP contribution in [-0.2, 0) is 0 Å². The molecule has 90 valence electrons. The fourth-order valence-electron chi connectivity index (χ4n) is 1.48. The highest BCUT2D eigenvalue weighted by Crippen LogP contribution is 2.32. The van der Waals surface area contributed by atoms with Crippen LogP contribution < -0.4 is 10.1 Å². The third-order valence-corrected chi connectivity index (χ3v) is 2.46. The van der Waals surface area contributed by atoms with Crippen molar-refractivity contribution in [2.45, 2.75) is 13.0 Å². The molecular formula is C11H16ClNO3. The number of nitrogens with one attached hydrogen (secondary N) is 1. The highest BCUT2D eigenvalue weighted by Gasteiger charge is 2.12. The Balaban J connectivity index is 3.01. The minimum atomic E-state index is -0.424. The van der Waals surface area contributed by atoms with Gasteiger partial charge in [-0.2, -0.15) is 0 Å². The van der Waals surface area contributed by atoms with Crippen molar-refractivity contribution < 1.29 is 14.9 Å². The third-order valence-electron chi connectivity index (χ3n) is 2.24. The van der Waals surface area contributed by atoms with Crippen molar-refractivity contribution in [2.24, 2.45) is 0 Å². The Kier molecular flexibility index (Phi) is 4.86. The average Bonchev–Trinajstić information content (AvgIpc) is 2.25. The molecule has 16 heavy (non-hydrogen) atoms. The van der Waals surface area contributed by atoms with Gasteiger partial charge in [-0.25, -0.2) is 0 Å². The van der Waals surface area contributed by atoms with E-state index in [2.05, 4.69) is 5.32 Å². The number of aliphatic hydroxyl groups excluding tert-OH is 2. The van der Waals surface area contributed by atoms with Crippen LogP contribution in [0.3, 0.4) is 0 Å². The Morgan fingerprint density at radius 3 is 2.50 bits per heavy atom. The summed E-state index contributed by atoms with van der Waals surface area (Å²) >= 11 is 5.93. The largest absolute Gasteiger partial charge is 0.494 e. The predicted molar refractivity (Wildman–Crippen MR) is 64.3 cm³/mol. The van der Waals surface area contributed by atoms with Crippen LogP contribution in [-0.4, -0.2) is 36.6 Å². The topological polar surface area (TPSA) is 61.7 Å². The number of aryl methyl sites for hydroxylation is 1. The standard InChI is InChI=1S/C11H16ClNO3/c1-7-3-8(12)4-10(11(7)16-2)13-9(5-14)6-15/h3-4,9,13-15H,5-6H2,1-2H3. The maximum absolute atomic E-state index is 8.99. The van der Waals surface area contributed by atoms with Crippen LogP contribution in [0.15, 0.2) is 12.1 Å². The van der Waals surface area contributed by atoms with E-state index in [0.717, 1.165) is 5.56 Å². The number of rotatable bonds is 5. The summed E-state index contributed by atoms with van der Waals surface area (Å²) in [6.07, 6.45) is 0. The van der Waals surface area contributed by atoms with Crippen LogP contribution in [0.2, 0.25) is 5.02 Å². The summed E-state index contributed by atoms with van der Waals surface area (Å²) in [5.74, 6) is 0.663. The molecule has 0 saturated carbocycles. The van der Waals surface area contributed by atoms with Crippen LogP contribution in [0, 0.1) is 6.92 Å². The second kappa shape index (κ2) is 5.94. The molecule has 0 atom stereocenters. The van der Waals surface area contributed by atoms with E-state index in [1.165, 1.54) is 0 Å². The highest BCUT2D eigenvalue weighted by molar-refractivity contribution is 6.31. The lowest BCUT2D eigenvalue weighted by molar-refractivity contribution is 0.203. The lowest BCUT2D eigenvalue weighted by atomic mass is 10.1. The average molecular weight is 246 g/mol. The molecule has 0 aliphatic carbocycles. The molecule has 1 rings (SSSR count). The molecule has 0 saturated heterocycles. The number of methoxy groups -OCH3 is 1. The van der Waals surface area contributed by atoms with E-state index in [1.54, 1.807) is 19.2 Å². The number of hydrogen-bond donors (Lipinski definition) is 3. The van der Waals surface area contributed by atoms with E-state index in [1.807, 2.05) is 6.92 Å². The molecule has 0 heterocycles. The summed E-state index contributed by atoms with van der Waals surface area (Å²) in [6.45, 7) is 1.55. The van der Waals surface area contributed by atoms with Crippen LogP contribution >= 0.6 is 11.6 Å². The van der Waals surface area contributed by atoms with E-state index in [-0.39, 0.29) is 13.2 Å². The van der Waals surface area contributed by atoms with Crippen LogP contribution in [0.1, 0.15) is 5.56 Å². The number of hydrogen-bond acceptors (Lipinski definition) is 4. The van der Waals surface area contributed by atoms with Crippen LogP contribution in [0.25, 0.3) is 0 Å². The van der Waals surface area contributed by atoms with Gasteiger partial charge < -0.3 is 20.3 Å². The van der Waals surface area contributed by atoms with Gasteiger partial charge in [-0.3, -0.25) is 0 Å². The lowest BCUT2D eigenvalue weighted by Crippen LogP contribution is -2.27. The zero-order valence-electron chi connectivity index (χ0n) is 9.33. The quantitative estimate of drug-likeness (QED) is 0.734. The van der Waals surface area contributed by atoms with Gasteiger partial charge in [0.15, 0.2) is 0 Å². The van der Waals surface area contributed by atoms with E-state index in [0.29, 0.717) is 16.5 Å². The van der Waals surface area contributed by atoms with Crippen LogP contribution in [0.4, 0.5) is 5.69 Å². The molecule has 0 aliphatic rings. The first kappa shape index (κ1) is 13.1. The number of ether oxygens (including phenoxy) is 1. The molecule has 4 nitrogen and oxygen atoms in total. The van der Waals surface area contributed by atoms with Crippen molar-refractivity contribution >= 4 is 17.3 Å². The van der Waals surface area contributed by atoms with Crippen molar-refractivity contribution in [1.29, 1.82) is 0 Å². The van der Waals surface area contributed by atoms with Gasteiger partial charge in [0.1, 0.15) is 5.75 Å². The summed E-state index contributed by atoms with van der Waals surface area (Å²) < 4.78 is 5.24. The van der Waals surface area contributed by atoms with Gasteiger partial charge in [-0.15, -0.1) is 0 Å².